The van der Waals surface area contributed by atoms with Crippen molar-refractivity contribution in [2.24, 2.45) is 0 Å². The van der Waals surface area contributed by atoms with Crippen LogP contribution in [-0.2, 0) is 11.3 Å². The number of methoxy groups -OCH3 is 1. The molecule has 2 aliphatic rings. The Morgan fingerprint density at radius 1 is 1.18 bits per heavy atom. The van der Waals surface area contributed by atoms with Crippen LogP contribution in [0.1, 0.15) is 28.4 Å². The van der Waals surface area contributed by atoms with Crippen molar-refractivity contribution in [3.63, 3.8) is 0 Å². The van der Waals surface area contributed by atoms with E-state index in [0.29, 0.717) is 48.9 Å². The number of rotatable bonds is 4. The molecule has 8 nitrogen and oxygen atoms in total. The van der Waals surface area contributed by atoms with Gasteiger partial charge in [0.15, 0.2) is 5.76 Å². The van der Waals surface area contributed by atoms with Crippen LogP contribution >= 0.6 is 0 Å². The number of aromatic nitrogens is 1. The number of fused-ring (bicyclic) bond motifs is 2. The summed E-state index contributed by atoms with van der Waals surface area (Å²) in [7, 11) is 1.63. The maximum Gasteiger partial charge on any atom is 0.415 e. The van der Waals surface area contributed by atoms with Gasteiger partial charge in [0.05, 0.1) is 25.9 Å². The summed E-state index contributed by atoms with van der Waals surface area (Å²) in [4.78, 5) is 27.2. The predicted octanol–water partition coefficient (Wildman–Crippen LogP) is 4.43. The largest absolute Gasteiger partial charge is 0.497 e. The molecule has 0 spiro atoms. The van der Waals surface area contributed by atoms with E-state index in [9.17, 15) is 9.59 Å². The Balaban J connectivity index is 1.45. The van der Waals surface area contributed by atoms with E-state index < -0.39 is 6.09 Å². The highest BCUT2D eigenvalue weighted by Gasteiger charge is 2.31. The van der Waals surface area contributed by atoms with Crippen molar-refractivity contribution in [1.29, 1.82) is 0 Å². The number of aryl methyl sites for hydroxylation is 1. The number of carbonyl (C=O) groups is 2. The van der Waals surface area contributed by atoms with E-state index in [-0.39, 0.29) is 11.5 Å². The highest BCUT2D eigenvalue weighted by Crippen LogP contribution is 2.40. The minimum atomic E-state index is -0.437. The van der Waals surface area contributed by atoms with Gasteiger partial charge in [0.2, 0.25) is 5.78 Å². The van der Waals surface area contributed by atoms with E-state index in [1.54, 1.807) is 37.1 Å². The molecule has 0 radical (unpaired) electrons. The third kappa shape index (κ3) is 3.80. The molecule has 1 amide bonds. The van der Waals surface area contributed by atoms with Crippen LogP contribution in [0.5, 0.6) is 17.2 Å². The Kier molecular flexibility index (Phi) is 5.75. The Hall–Kier alpha value is -3.78. The lowest BCUT2D eigenvalue weighted by atomic mass is 10.1. The van der Waals surface area contributed by atoms with Crippen LogP contribution in [0, 0.1) is 6.92 Å². The molecule has 0 unspecified atom stereocenters. The van der Waals surface area contributed by atoms with Gasteiger partial charge in [-0.2, -0.15) is 0 Å². The third-order valence-corrected chi connectivity index (χ3v) is 6.25. The number of morpholine rings is 1. The van der Waals surface area contributed by atoms with Gasteiger partial charge in [0.25, 0.3) is 0 Å². The zero-order valence-corrected chi connectivity index (χ0v) is 19.4. The Bertz CT molecular complexity index is 1320. The Labute approximate surface area is 197 Å². The first-order valence-corrected chi connectivity index (χ1v) is 11.3. The number of carbonyl (C=O) groups excluding carboxylic acids is 2. The van der Waals surface area contributed by atoms with E-state index in [1.165, 1.54) is 0 Å². The van der Waals surface area contributed by atoms with Crippen molar-refractivity contribution in [3.8, 4) is 17.2 Å². The van der Waals surface area contributed by atoms with Gasteiger partial charge in [-0.3, -0.25) is 4.79 Å². The summed E-state index contributed by atoms with van der Waals surface area (Å²) < 4.78 is 24.4. The van der Waals surface area contributed by atoms with Crippen molar-refractivity contribution in [2.75, 3.05) is 33.4 Å². The predicted molar refractivity (Wildman–Crippen MR) is 127 cm³/mol. The minimum Gasteiger partial charge on any atom is -0.497 e. The van der Waals surface area contributed by atoms with Gasteiger partial charge in [-0.05, 0) is 50.3 Å². The number of hydrogen-bond donors (Lipinski definition) is 0. The number of hydrogen-bond acceptors (Lipinski definition) is 6. The topological polar surface area (TPSA) is 79.2 Å². The minimum absolute atomic E-state index is 0.204. The molecule has 34 heavy (non-hydrogen) atoms. The number of ketones is 1. The monoisotopic (exact) mass is 462 g/mol. The van der Waals surface area contributed by atoms with E-state index in [1.807, 2.05) is 24.4 Å². The summed E-state index contributed by atoms with van der Waals surface area (Å²) in [6, 6.07) is 9.16. The number of benzene rings is 2. The molecule has 0 bridgehead atoms. The van der Waals surface area contributed by atoms with Crippen molar-refractivity contribution in [1.82, 2.24) is 9.47 Å². The number of ether oxygens (including phenoxy) is 4. The van der Waals surface area contributed by atoms with Crippen LogP contribution in [0.4, 0.5) is 4.79 Å². The zero-order chi connectivity index (χ0) is 23.8. The third-order valence-electron chi connectivity index (χ3n) is 6.25. The van der Waals surface area contributed by atoms with Crippen molar-refractivity contribution >= 4 is 28.9 Å². The van der Waals surface area contributed by atoms with Gasteiger partial charge in [-0.15, -0.1) is 0 Å². The number of nitrogens with zero attached hydrogens (tertiary/aromatic N) is 2. The molecule has 1 aromatic heterocycles. The van der Waals surface area contributed by atoms with Gasteiger partial charge in [0.1, 0.15) is 17.2 Å². The van der Waals surface area contributed by atoms with Gasteiger partial charge >= 0.3 is 6.09 Å². The molecule has 0 N–H and O–H groups in total. The van der Waals surface area contributed by atoms with Crippen molar-refractivity contribution < 1.29 is 28.5 Å². The molecule has 3 heterocycles. The van der Waals surface area contributed by atoms with Crippen molar-refractivity contribution in [2.45, 2.75) is 20.4 Å². The second-order valence-corrected chi connectivity index (χ2v) is 8.23. The highest BCUT2D eigenvalue weighted by atomic mass is 16.6. The van der Waals surface area contributed by atoms with E-state index in [2.05, 4.69) is 11.5 Å². The zero-order valence-electron chi connectivity index (χ0n) is 19.4. The molecule has 8 heteroatoms. The Morgan fingerprint density at radius 2 is 1.97 bits per heavy atom. The second-order valence-electron chi connectivity index (χ2n) is 8.23. The fraction of sp³-hybridized carbons (Fsp3) is 0.308. The maximum absolute atomic E-state index is 13.1. The average molecular weight is 463 g/mol. The smallest absolute Gasteiger partial charge is 0.415 e. The normalized spacial score (nSPS) is 16.6. The van der Waals surface area contributed by atoms with Crippen LogP contribution in [0.25, 0.3) is 17.0 Å². The second kappa shape index (κ2) is 8.87. The van der Waals surface area contributed by atoms with Crippen LogP contribution in [-0.4, -0.2) is 54.8 Å². The Morgan fingerprint density at radius 3 is 2.71 bits per heavy atom. The number of amides is 1. The van der Waals surface area contributed by atoms with Gasteiger partial charge in [-0.25, -0.2) is 4.79 Å². The number of allylic oxidation sites excluding steroid dienone is 1. The lowest BCUT2D eigenvalue weighted by molar-refractivity contribution is 0.0415. The summed E-state index contributed by atoms with van der Waals surface area (Å²) in [5.74, 6) is 1.56. The molecule has 5 rings (SSSR count). The molecule has 3 aromatic rings. The van der Waals surface area contributed by atoms with Crippen LogP contribution in [0.15, 0.2) is 42.3 Å². The molecule has 0 atom stereocenters. The fourth-order valence-corrected chi connectivity index (χ4v) is 4.33. The van der Waals surface area contributed by atoms with Crippen molar-refractivity contribution in [3.05, 3.63) is 59.0 Å². The molecule has 2 aliphatic heterocycles. The first kappa shape index (κ1) is 22.0. The first-order valence-electron chi connectivity index (χ1n) is 11.3. The summed E-state index contributed by atoms with van der Waals surface area (Å²) in [6.45, 7) is 6.59. The van der Waals surface area contributed by atoms with E-state index >= 15 is 0 Å². The standard InChI is InChI=1S/C26H26N2O6/c1-4-27-15-17(20-14-18(31-3)5-7-21(20)27)13-23-24(29)19-6-8-22(16(2)25(19)33-23)34-26(30)28-9-11-32-12-10-28/h5-8,13-15H,4,9-12H2,1-3H3/b23-13+. The SMILES string of the molecule is CCn1cc(/C=C2/Oc3c(ccc(OC(=O)N4CCOCC4)c3C)C2=O)c2cc(OC)ccc21. The number of Topliss-reactive ketones (excluding diaryl/α,β-unsaturated/α-hetero) is 1. The van der Waals surface area contributed by atoms with Gasteiger partial charge in [0, 0.05) is 47.9 Å². The lowest BCUT2D eigenvalue weighted by Crippen LogP contribution is -2.42. The molecule has 0 saturated carbocycles. The summed E-state index contributed by atoms with van der Waals surface area (Å²) in [6.07, 6.45) is 3.32. The molecule has 1 fully saturated rings. The molecular formula is C26H26N2O6. The summed E-state index contributed by atoms with van der Waals surface area (Å²) in [5.41, 5.74) is 2.97. The van der Waals surface area contributed by atoms with Gasteiger partial charge in [-0.1, -0.05) is 0 Å². The molecule has 0 aliphatic carbocycles. The van der Waals surface area contributed by atoms with Crippen LogP contribution < -0.4 is 14.2 Å². The van der Waals surface area contributed by atoms with E-state index in [0.717, 1.165) is 28.8 Å². The summed E-state index contributed by atoms with van der Waals surface area (Å²) >= 11 is 0. The fourth-order valence-electron chi connectivity index (χ4n) is 4.33. The maximum atomic E-state index is 13.1. The average Bonchev–Trinajstić information content (AvgIpc) is 3.38. The van der Waals surface area contributed by atoms with Crippen LogP contribution in [0.3, 0.4) is 0 Å². The quantitative estimate of drug-likeness (QED) is 0.534. The van der Waals surface area contributed by atoms with Crippen LogP contribution in [0.2, 0.25) is 0 Å². The molecular weight excluding hydrogens is 436 g/mol. The molecule has 176 valence electrons. The molecule has 1 saturated heterocycles. The highest BCUT2D eigenvalue weighted by molar-refractivity contribution is 6.15. The lowest BCUT2D eigenvalue weighted by Gasteiger charge is -2.26. The van der Waals surface area contributed by atoms with Gasteiger partial charge < -0.3 is 28.4 Å². The summed E-state index contributed by atoms with van der Waals surface area (Å²) in [5, 5.41) is 0.970. The molecule has 2 aromatic carbocycles. The first-order chi connectivity index (χ1) is 16.5. The van der Waals surface area contributed by atoms with E-state index in [4.69, 9.17) is 18.9 Å².